The van der Waals surface area contributed by atoms with Crippen LogP contribution in [0.4, 0.5) is 20.2 Å². The van der Waals surface area contributed by atoms with Crippen LogP contribution in [-0.2, 0) is 6.54 Å². The molecular formula is C10H8F2N4O2. The van der Waals surface area contributed by atoms with Crippen molar-refractivity contribution in [3.8, 4) is 0 Å². The van der Waals surface area contributed by atoms with Crippen LogP contribution >= 0.6 is 0 Å². The van der Waals surface area contributed by atoms with E-state index in [2.05, 4.69) is 15.5 Å². The minimum atomic E-state index is -1.20. The van der Waals surface area contributed by atoms with Gasteiger partial charge in [0.1, 0.15) is 5.82 Å². The van der Waals surface area contributed by atoms with Crippen LogP contribution in [0.2, 0.25) is 0 Å². The summed E-state index contributed by atoms with van der Waals surface area (Å²) in [5, 5.41) is 19.5. The van der Waals surface area contributed by atoms with Crippen molar-refractivity contribution in [3.63, 3.8) is 0 Å². The first-order valence-corrected chi connectivity index (χ1v) is 4.93. The number of rotatable bonds is 4. The van der Waals surface area contributed by atoms with E-state index in [-0.39, 0.29) is 12.2 Å². The molecule has 94 valence electrons. The summed E-state index contributed by atoms with van der Waals surface area (Å²) in [6, 6.07) is 2.96. The molecule has 0 spiro atoms. The van der Waals surface area contributed by atoms with Crippen LogP contribution in [0, 0.1) is 21.7 Å². The lowest BCUT2D eigenvalue weighted by Crippen LogP contribution is -2.04. The third kappa shape index (κ3) is 2.42. The molecule has 8 heteroatoms. The van der Waals surface area contributed by atoms with Crippen molar-refractivity contribution in [2.24, 2.45) is 0 Å². The van der Waals surface area contributed by atoms with Gasteiger partial charge in [-0.1, -0.05) is 0 Å². The zero-order valence-electron chi connectivity index (χ0n) is 8.98. The molecule has 0 saturated carbocycles. The Bertz CT molecular complexity index is 572. The van der Waals surface area contributed by atoms with Gasteiger partial charge < -0.3 is 5.32 Å². The van der Waals surface area contributed by atoms with E-state index in [9.17, 15) is 18.9 Å². The highest BCUT2D eigenvalue weighted by atomic mass is 19.1. The number of nitro benzene ring substituents is 1. The Morgan fingerprint density at radius 3 is 2.78 bits per heavy atom. The summed E-state index contributed by atoms with van der Waals surface area (Å²) in [6.07, 6.45) is 1.51. The molecule has 0 unspecified atom stereocenters. The fourth-order valence-electron chi connectivity index (χ4n) is 1.39. The highest BCUT2D eigenvalue weighted by Crippen LogP contribution is 2.25. The number of nitrogens with one attached hydrogen (secondary N) is 2. The number of aromatic nitrogens is 2. The Hall–Kier alpha value is -2.51. The molecule has 2 rings (SSSR count). The molecule has 6 nitrogen and oxygen atoms in total. The standard InChI is InChI=1S/C10H8F2N4O2/c11-7-3-8(12)10(16(17)18)4-9(7)13-5-6-1-2-14-15-6/h1-4,13H,5H2,(H,14,15). The van der Waals surface area contributed by atoms with Gasteiger partial charge in [0, 0.05) is 18.3 Å². The minimum Gasteiger partial charge on any atom is -0.377 e. The maximum atomic E-state index is 13.4. The predicted molar refractivity (Wildman–Crippen MR) is 58.9 cm³/mol. The number of benzene rings is 1. The van der Waals surface area contributed by atoms with Gasteiger partial charge in [-0.2, -0.15) is 9.49 Å². The van der Waals surface area contributed by atoms with Crippen molar-refractivity contribution in [1.29, 1.82) is 0 Å². The first-order valence-electron chi connectivity index (χ1n) is 4.93. The average Bonchev–Trinajstić information content (AvgIpc) is 2.80. The van der Waals surface area contributed by atoms with Gasteiger partial charge in [-0.25, -0.2) is 4.39 Å². The normalized spacial score (nSPS) is 10.3. The van der Waals surface area contributed by atoms with Gasteiger partial charge in [-0.15, -0.1) is 0 Å². The predicted octanol–water partition coefficient (Wildman–Crippen LogP) is 2.21. The number of hydrogen-bond donors (Lipinski definition) is 2. The van der Waals surface area contributed by atoms with Crippen molar-refractivity contribution in [2.45, 2.75) is 6.54 Å². The summed E-state index contributed by atoms with van der Waals surface area (Å²) < 4.78 is 26.4. The van der Waals surface area contributed by atoms with Gasteiger partial charge >= 0.3 is 5.69 Å². The summed E-state index contributed by atoms with van der Waals surface area (Å²) in [4.78, 5) is 9.61. The summed E-state index contributed by atoms with van der Waals surface area (Å²) in [5.74, 6) is -2.10. The summed E-state index contributed by atoms with van der Waals surface area (Å²) in [7, 11) is 0. The molecule has 0 bridgehead atoms. The monoisotopic (exact) mass is 254 g/mol. The number of nitrogens with zero attached hydrogens (tertiary/aromatic N) is 2. The summed E-state index contributed by atoms with van der Waals surface area (Å²) >= 11 is 0. The SMILES string of the molecule is O=[N+]([O-])c1cc(NCc2ccn[nH]2)c(F)cc1F. The largest absolute Gasteiger partial charge is 0.377 e. The summed E-state index contributed by atoms with van der Waals surface area (Å²) in [5.41, 5.74) is -0.248. The highest BCUT2D eigenvalue weighted by Gasteiger charge is 2.18. The van der Waals surface area contributed by atoms with E-state index in [0.717, 1.165) is 6.07 Å². The Morgan fingerprint density at radius 2 is 2.17 bits per heavy atom. The second-order valence-electron chi connectivity index (χ2n) is 3.48. The van der Waals surface area contributed by atoms with Crippen LogP contribution in [0.5, 0.6) is 0 Å². The van der Waals surface area contributed by atoms with Gasteiger partial charge in [-0.3, -0.25) is 15.2 Å². The molecule has 0 radical (unpaired) electrons. The molecule has 1 aromatic heterocycles. The molecule has 0 saturated heterocycles. The zero-order chi connectivity index (χ0) is 13.1. The fourth-order valence-corrected chi connectivity index (χ4v) is 1.39. The number of hydrogen-bond acceptors (Lipinski definition) is 4. The van der Waals surface area contributed by atoms with Crippen LogP contribution in [0.1, 0.15) is 5.69 Å². The molecule has 1 aromatic carbocycles. The molecular weight excluding hydrogens is 246 g/mol. The first-order chi connectivity index (χ1) is 8.58. The smallest absolute Gasteiger partial charge is 0.307 e. The van der Waals surface area contributed by atoms with Gasteiger partial charge in [0.2, 0.25) is 5.82 Å². The first kappa shape index (κ1) is 12.0. The molecule has 1 heterocycles. The van der Waals surface area contributed by atoms with Crippen molar-refractivity contribution in [3.05, 3.63) is 51.8 Å². The average molecular weight is 254 g/mol. The third-order valence-electron chi connectivity index (χ3n) is 2.26. The van der Waals surface area contributed by atoms with Crippen LogP contribution in [0.15, 0.2) is 24.4 Å². The lowest BCUT2D eigenvalue weighted by atomic mass is 10.2. The van der Waals surface area contributed by atoms with E-state index in [1.54, 1.807) is 6.07 Å². The Balaban J connectivity index is 2.22. The van der Waals surface area contributed by atoms with E-state index >= 15 is 0 Å². The van der Waals surface area contributed by atoms with Crippen molar-refractivity contribution in [2.75, 3.05) is 5.32 Å². The fraction of sp³-hybridized carbons (Fsp3) is 0.100. The maximum absolute atomic E-state index is 13.4. The lowest BCUT2D eigenvalue weighted by molar-refractivity contribution is -0.387. The molecule has 2 aromatic rings. The summed E-state index contributed by atoms with van der Waals surface area (Å²) in [6.45, 7) is 0.194. The molecule has 0 aliphatic rings. The molecule has 2 N–H and O–H groups in total. The quantitative estimate of drug-likeness (QED) is 0.647. The van der Waals surface area contributed by atoms with Crippen molar-refractivity contribution < 1.29 is 13.7 Å². The van der Waals surface area contributed by atoms with Gasteiger partial charge in [0.25, 0.3) is 0 Å². The maximum Gasteiger partial charge on any atom is 0.307 e. The zero-order valence-corrected chi connectivity index (χ0v) is 8.98. The number of aromatic amines is 1. The van der Waals surface area contributed by atoms with E-state index in [4.69, 9.17) is 0 Å². The van der Waals surface area contributed by atoms with Crippen LogP contribution < -0.4 is 5.32 Å². The van der Waals surface area contributed by atoms with Crippen LogP contribution in [0.25, 0.3) is 0 Å². The third-order valence-corrected chi connectivity index (χ3v) is 2.26. The number of anilines is 1. The van der Waals surface area contributed by atoms with E-state index in [1.165, 1.54) is 6.20 Å². The molecule has 18 heavy (non-hydrogen) atoms. The van der Waals surface area contributed by atoms with Crippen LogP contribution in [0.3, 0.4) is 0 Å². The molecule has 0 atom stereocenters. The topological polar surface area (TPSA) is 83.8 Å². The van der Waals surface area contributed by atoms with Gasteiger partial charge in [0.15, 0.2) is 0 Å². The molecule has 0 amide bonds. The van der Waals surface area contributed by atoms with Crippen LogP contribution in [-0.4, -0.2) is 15.1 Å². The Morgan fingerprint density at radius 1 is 1.39 bits per heavy atom. The van der Waals surface area contributed by atoms with E-state index < -0.39 is 22.2 Å². The Kier molecular flexibility index (Phi) is 3.18. The number of nitro groups is 1. The highest BCUT2D eigenvalue weighted by molar-refractivity contribution is 5.53. The number of H-pyrrole nitrogens is 1. The Labute approximate surface area is 99.8 Å². The number of halogens is 2. The second-order valence-corrected chi connectivity index (χ2v) is 3.48. The molecule has 0 aliphatic carbocycles. The van der Waals surface area contributed by atoms with E-state index in [1.807, 2.05) is 0 Å². The van der Waals surface area contributed by atoms with Gasteiger partial charge in [-0.05, 0) is 6.07 Å². The van der Waals surface area contributed by atoms with Gasteiger partial charge in [0.05, 0.1) is 22.8 Å². The minimum absolute atomic E-state index is 0.141. The molecule has 0 fully saturated rings. The van der Waals surface area contributed by atoms with Crippen molar-refractivity contribution >= 4 is 11.4 Å². The second kappa shape index (κ2) is 4.78. The van der Waals surface area contributed by atoms with E-state index in [0.29, 0.717) is 11.8 Å². The lowest BCUT2D eigenvalue weighted by Gasteiger charge is -2.06. The van der Waals surface area contributed by atoms with Crippen molar-refractivity contribution in [1.82, 2.24) is 10.2 Å². The molecule has 0 aliphatic heterocycles.